The molecular formula is C8H6F3NO2S. The summed E-state index contributed by atoms with van der Waals surface area (Å²) in [6, 6.07) is 2.48. The number of rotatable bonds is 2. The van der Waals surface area contributed by atoms with Gasteiger partial charge in [0, 0.05) is 6.07 Å². The Morgan fingerprint density at radius 1 is 1.40 bits per heavy atom. The summed E-state index contributed by atoms with van der Waals surface area (Å²) in [7, 11) is 0. The highest BCUT2D eigenvalue weighted by atomic mass is 32.2. The van der Waals surface area contributed by atoms with E-state index in [0.717, 1.165) is 23.9 Å². The SMILES string of the molecule is CSc1ccc(C(F)(F)F)cc1[N+](=O)[O-]. The van der Waals surface area contributed by atoms with Gasteiger partial charge in [0.15, 0.2) is 0 Å². The lowest BCUT2D eigenvalue weighted by Crippen LogP contribution is -2.05. The molecule has 15 heavy (non-hydrogen) atoms. The maximum atomic E-state index is 12.2. The molecule has 0 aliphatic carbocycles. The number of alkyl halides is 3. The lowest BCUT2D eigenvalue weighted by Gasteiger charge is -2.07. The van der Waals surface area contributed by atoms with Gasteiger partial charge in [0.05, 0.1) is 15.4 Å². The van der Waals surface area contributed by atoms with E-state index in [2.05, 4.69) is 0 Å². The predicted octanol–water partition coefficient (Wildman–Crippen LogP) is 3.34. The Morgan fingerprint density at radius 3 is 2.40 bits per heavy atom. The molecule has 0 N–H and O–H groups in total. The fraction of sp³-hybridized carbons (Fsp3) is 0.250. The van der Waals surface area contributed by atoms with Gasteiger partial charge in [0.2, 0.25) is 0 Å². The van der Waals surface area contributed by atoms with Crippen LogP contribution in [0.1, 0.15) is 5.56 Å². The third-order valence-corrected chi connectivity index (χ3v) is 2.49. The molecule has 0 aliphatic rings. The van der Waals surface area contributed by atoms with Crippen molar-refractivity contribution in [3.05, 3.63) is 33.9 Å². The normalized spacial score (nSPS) is 11.5. The largest absolute Gasteiger partial charge is 0.416 e. The molecule has 1 aromatic carbocycles. The second kappa shape index (κ2) is 4.09. The molecular weight excluding hydrogens is 231 g/mol. The van der Waals surface area contributed by atoms with Gasteiger partial charge in [-0.1, -0.05) is 0 Å². The lowest BCUT2D eigenvalue weighted by molar-refractivity contribution is -0.388. The Morgan fingerprint density at radius 2 is 2.00 bits per heavy atom. The van der Waals surface area contributed by atoms with Gasteiger partial charge in [0.1, 0.15) is 0 Å². The molecule has 0 saturated carbocycles. The van der Waals surface area contributed by atoms with E-state index in [-0.39, 0.29) is 4.90 Å². The number of hydrogen-bond donors (Lipinski definition) is 0. The number of halogens is 3. The lowest BCUT2D eigenvalue weighted by atomic mass is 10.2. The first-order chi connectivity index (χ1) is 6.86. The summed E-state index contributed by atoms with van der Waals surface area (Å²) >= 11 is 1.03. The monoisotopic (exact) mass is 237 g/mol. The van der Waals surface area contributed by atoms with E-state index in [0.29, 0.717) is 6.07 Å². The van der Waals surface area contributed by atoms with Crippen molar-refractivity contribution in [3.8, 4) is 0 Å². The van der Waals surface area contributed by atoms with Gasteiger partial charge < -0.3 is 0 Å². The van der Waals surface area contributed by atoms with Crippen LogP contribution in [0.3, 0.4) is 0 Å². The summed E-state index contributed by atoms with van der Waals surface area (Å²) in [4.78, 5) is 9.88. The molecule has 0 fully saturated rings. The molecule has 1 aromatic rings. The first kappa shape index (κ1) is 11.8. The molecule has 0 heterocycles. The number of nitrogens with zero attached hydrogens (tertiary/aromatic N) is 1. The van der Waals surface area contributed by atoms with Crippen LogP contribution in [-0.2, 0) is 6.18 Å². The smallest absolute Gasteiger partial charge is 0.258 e. The molecule has 0 bridgehead atoms. The number of thioether (sulfide) groups is 1. The Bertz CT molecular complexity index is 392. The third kappa shape index (κ3) is 2.62. The van der Waals surface area contributed by atoms with Crippen LogP contribution in [0.15, 0.2) is 23.1 Å². The molecule has 1 rings (SSSR count). The van der Waals surface area contributed by atoms with Gasteiger partial charge in [-0.2, -0.15) is 13.2 Å². The molecule has 82 valence electrons. The van der Waals surface area contributed by atoms with Crippen LogP contribution < -0.4 is 0 Å². The van der Waals surface area contributed by atoms with E-state index in [9.17, 15) is 23.3 Å². The van der Waals surface area contributed by atoms with Crippen molar-refractivity contribution in [1.82, 2.24) is 0 Å². The molecule has 7 heteroatoms. The van der Waals surface area contributed by atoms with Gasteiger partial charge in [0.25, 0.3) is 5.69 Å². The summed E-state index contributed by atoms with van der Waals surface area (Å²) < 4.78 is 36.7. The standard InChI is InChI=1S/C8H6F3NO2S/c1-15-7-3-2-5(8(9,10)11)4-6(7)12(13)14/h2-4H,1H3. The maximum absolute atomic E-state index is 12.2. The highest BCUT2D eigenvalue weighted by Gasteiger charge is 2.32. The van der Waals surface area contributed by atoms with Crippen molar-refractivity contribution >= 4 is 17.4 Å². The van der Waals surface area contributed by atoms with E-state index in [1.54, 1.807) is 6.26 Å². The maximum Gasteiger partial charge on any atom is 0.416 e. The number of nitro groups is 1. The van der Waals surface area contributed by atoms with E-state index in [1.807, 2.05) is 0 Å². The molecule has 0 radical (unpaired) electrons. The first-order valence-electron chi connectivity index (χ1n) is 3.76. The summed E-state index contributed by atoms with van der Waals surface area (Å²) in [5.41, 5.74) is -1.52. The average molecular weight is 237 g/mol. The molecule has 0 atom stereocenters. The predicted molar refractivity (Wildman–Crippen MR) is 49.9 cm³/mol. The summed E-state index contributed by atoms with van der Waals surface area (Å²) in [6.07, 6.45) is -2.99. The number of nitro benzene ring substituents is 1. The van der Waals surface area contributed by atoms with Gasteiger partial charge in [-0.15, -0.1) is 11.8 Å². The fourth-order valence-corrected chi connectivity index (χ4v) is 1.56. The van der Waals surface area contributed by atoms with E-state index in [4.69, 9.17) is 0 Å². The topological polar surface area (TPSA) is 43.1 Å². The second-order valence-electron chi connectivity index (χ2n) is 2.64. The fourth-order valence-electron chi connectivity index (χ4n) is 1.01. The average Bonchev–Trinajstić information content (AvgIpc) is 2.15. The van der Waals surface area contributed by atoms with Gasteiger partial charge in [-0.05, 0) is 18.4 Å². The van der Waals surface area contributed by atoms with Crippen LogP contribution in [0.25, 0.3) is 0 Å². The number of hydrogen-bond acceptors (Lipinski definition) is 3. The third-order valence-electron chi connectivity index (χ3n) is 1.70. The van der Waals surface area contributed by atoms with Crippen molar-refractivity contribution in [3.63, 3.8) is 0 Å². The molecule has 0 saturated heterocycles. The Hall–Kier alpha value is -1.24. The highest BCUT2D eigenvalue weighted by molar-refractivity contribution is 7.98. The molecule has 0 spiro atoms. The van der Waals surface area contributed by atoms with Crippen LogP contribution in [0, 0.1) is 10.1 Å². The molecule has 0 aromatic heterocycles. The zero-order chi connectivity index (χ0) is 11.6. The van der Waals surface area contributed by atoms with Crippen LogP contribution in [0.5, 0.6) is 0 Å². The highest BCUT2D eigenvalue weighted by Crippen LogP contribution is 2.35. The molecule has 0 aliphatic heterocycles. The van der Waals surface area contributed by atoms with Gasteiger partial charge in [-0.25, -0.2) is 0 Å². The quantitative estimate of drug-likeness (QED) is 0.450. The molecule has 0 amide bonds. The summed E-state index contributed by atoms with van der Waals surface area (Å²) in [6.45, 7) is 0. The molecule has 3 nitrogen and oxygen atoms in total. The van der Waals surface area contributed by atoms with Crippen LogP contribution >= 0.6 is 11.8 Å². The van der Waals surface area contributed by atoms with E-state index in [1.165, 1.54) is 0 Å². The van der Waals surface area contributed by atoms with Crippen LogP contribution in [0.4, 0.5) is 18.9 Å². The minimum atomic E-state index is -4.55. The van der Waals surface area contributed by atoms with Crippen molar-refractivity contribution in [1.29, 1.82) is 0 Å². The minimum absolute atomic E-state index is 0.216. The van der Waals surface area contributed by atoms with Crippen LogP contribution in [-0.4, -0.2) is 11.2 Å². The molecule has 0 unspecified atom stereocenters. The van der Waals surface area contributed by atoms with Crippen molar-refractivity contribution in [2.75, 3.05) is 6.26 Å². The Kier molecular flexibility index (Phi) is 3.23. The van der Waals surface area contributed by atoms with Crippen molar-refractivity contribution in [2.45, 2.75) is 11.1 Å². The van der Waals surface area contributed by atoms with Crippen LogP contribution in [0.2, 0.25) is 0 Å². The second-order valence-corrected chi connectivity index (χ2v) is 3.49. The van der Waals surface area contributed by atoms with Crippen molar-refractivity contribution in [2.24, 2.45) is 0 Å². The Balaban J connectivity index is 3.28. The number of benzene rings is 1. The zero-order valence-corrected chi connectivity index (χ0v) is 8.35. The summed E-state index contributed by atoms with van der Waals surface area (Å²) in [5, 5.41) is 10.5. The van der Waals surface area contributed by atoms with Crippen molar-refractivity contribution < 1.29 is 18.1 Å². The van der Waals surface area contributed by atoms with E-state index < -0.39 is 22.4 Å². The summed E-state index contributed by atoms with van der Waals surface area (Å²) in [5.74, 6) is 0. The van der Waals surface area contributed by atoms with Gasteiger partial charge >= 0.3 is 6.18 Å². The first-order valence-corrected chi connectivity index (χ1v) is 4.98. The van der Waals surface area contributed by atoms with E-state index >= 15 is 0 Å². The minimum Gasteiger partial charge on any atom is -0.258 e. The zero-order valence-electron chi connectivity index (χ0n) is 7.54. The Labute approximate surface area is 87.4 Å². The van der Waals surface area contributed by atoms with Gasteiger partial charge in [-0.3, -0.25) is 10.1 Å².